The number of rotatable bonds is 5. The molecule has 3 nitrogen and oxygen atoms in total. The van der Waals surface area contributed by atoms with Crippen LogP contribution in [0.3, 0.4) is 0 Å². The van der Waals surface area contributed by atoms with E-state index in [9.17, 15) is 5.11 Å². The van der Waals surface area contributed by atoms with E-state index in [1.54, 1.807) is 7.11 Å². The third kappa shape index (κ3) is 3.37. The van der Waals surface area contributed by atoms with E-state index in [0.717, 1.165) is 37.9 Å². The van der Waals surface area contributed by atoms with Crippen LogP contribution in [-0.2, 0) is 6.54 Å². The average Bonchev–Trinajstić information content (AvgIpc) is 2.75. The minimum atomic E-state index is -0.128. The van der Waals surface area contributed by atoms with Gasteiger partial charge in [-0.1, -0.05) is 24.1 Å². The number of aliphatic hydroxyl groups excluding tert-OH is 1. The number of nitrogens with one attached hydrogen (secondary N) is 1. The van der Waals surface area contributed by atoms with Crippen molar-refractivity contribution in [1.29, 1.82) is 0 Å². The van der Waals surface area contributed by atoms with E-state index in [2.05, 4.69) is 5.32 Å². The molecule has 1 aromatic carbocycles. The Kier molecular flexibility index (Phi) is 4.87. The molecule has 2 N–H and O–H groups in total. The average molecular weight is 270 g/mol. The molecule has 1 aliphatic carbocycles. The standard InChI is InChI=1S/C14H20ClNO2/c1-18-14-6-5-10(7-12(14)15)8-16-9-11-3-2-4-13(11)17/h5-7,11,13,16-17H,2-4,8-9H2,1H3. The van der Waals surface area contributed by atoms with E-state index in [1.165, 1.54) is 0 Å². The molecule has 4 heteroatoms. The van der Waals surface area contributed by atoms with Crippen LogP contribution in [0.15, 0.2) is 18.2 Å². The molecule has 2 unspecified atom stereocenters. The highest BCUT2D eigenvalue weighted by atomic mass is 35.5. The summed E-state index contributed by atoms with van der Waals surface area (Å²) >= 11 is 6.07. The number of hydrogen-bond donors (Lipinski definition) is 2. The third-order valence-corrected chi connectivity index (χ3v) is 3.87. The lowest BCUT2D eigenvalue weighted by molar-refractivity contribution is 0.131. The molecule has 1 saturated carbocycles. The second-order valence-electron chi connectivity index (χ2n) is 4.86. The zero-order valence-corrected chi connectivity index (χ0v) is 11.4. The fourth-order valence-electron chi connectivity index (χ4n) is 2.48. The van der Waals surface area contributed by atoms with Gasteiger partial charge < -0.3 is 15.2 Å². The van der Waals surface area contributed by atoms with Crippen LogP contribution in [0.2, 0.25) is 5.02 Å². The highest BCUT2D eigenvalue weighted by molar-refractivity contribution is 6.32. The maximum Gasteiger partial charge on any atom is 0.137 e. The Bertz CT molecular complexity index is 397. The van der Waals surface area contributed by atoms with E-state index in [0.29, 0.717) is 16.7 Å². The summed E-state index contributed by atoms with van der Waals surface area (Å²) in [5, 5.41) is 13.7. The van der Waals surface area contributed by atoms with Gasteiger partial charge in [0.25, 0.3) is 0 Å². The van der Waals surface area contributed by atoms with Crippen molar-refractivity contribution in [3.05, 3.63) is 28.8 Å². The number of hydrogen-bond acceptors (Lipinski definition) is 3. The Hall–Kier alpha value is -0.770. The molecule has 100 valence electrons. The van der Waals surface area contributed by atoms with E-state index in [-0.39, 0.29) is 6.10 Å². The maximum atomic E-state index is 9.72. The molecule has 1 aliphatic rings. The van der Waals surface area contributed by atoms with Crippen molar-refractivity contribution in [2.75, 3.05) is 13.7 Å². The second-order valence-corrected chi connectivity index (χ2v) is 5.27. The van der Waals surface area contributed by atoms with Gasteiger partial charge in [0.1, 0.15) is 5.75 Å². The zero-order valence-electron chi connectivity index (χ0n) is 10.7. The van der Waals surface area contributed by atoms with Gasteiger partial charge in [0, 0.05) is 13.1 Å². The van der Waals surface area contributed by atoms with Crippen molar-refractivity contribution >= 4 is 11.6 Å². The molecule has 1 aromatic rings. The molecule has 1 fully saturated rings. The first-order valence-electron chi connectivity index (χ1n) is 6.42. The Balaban J connectivity index is 1.81. The largest absolute Gasteiger partial charge is 0.495 e. The summed E-state index contributed by atoms with van der Waals surface area (Å²) in [4.78, 5) is 0. The van der Waals surface area contributed by atoms with Crippen LogP contribution in [0.1, 0.15) is 24.8 Å². The van der Waals surface area contributed by atoms with Gasteiger partial charge in [-0.05, 0) is 36.5 Å². The fraction of sp³-hybridized carbons (Fsp3) is 0.571. The van der Waals surface area contributed by atoms with Crippen molar-refractivity contribution in [1.82, 2.24) is 5.32 Å². The van der Waals surface area contributed by atoms with Crippen LogP contribution in [-0.4, -0.2) is 24.9 Å². The molecule has 0 aromatic heterocycles. The Morgan fingerprint density at radius 1 is 1.44 bits per heavy atom. The van der Waals surface area contributed by atoms with Crippen molar-refractivity contribution in [2.24, 2.45) is 5.92 Å². The lowest BCUT2D eigenvalue weighted by Crippen LogP contribution is -2.27. The number of halogens is 1. The fourth-order valence-corrected chi connectivity index (χ4v) is 2.76. The Morgan fingerprint density at radius 2 is 2.28 bits per heavy atom. The predicted molar refractivity (Wildman–Crippen MR) is 73.1 cm³/mol. The molecule has 2 rings (SSSR count). The quantitative estimate of drug-likeness (QED) is 0.863. The summed E-state index contributed by atoms with van der Waals surface area (Å²) in [6, 6.07) is 5.80. The molecule has 0 radical (unpaired) electrons. The minimum absolute atomic E-state index is 0.128. The molecule has 0 spiro atoms. The Labute approximate surface area is 113 Å². The monoisotopic (exact) mass is 269 g/mol. The zero-order chi connectivity index (χ0) is 13.0. The second kappa shape index (κ2) is 6.41. The van der Waals surface area contributed by atoms with E-state index in [4.69, 9.17) is 16.3 Å². The summed E-state index contributed by atoms with van der Waals surface area (Å²) in [7, 11) is 1.61. The van der Waals surface area contributed by atoms with Crippen LogP contribution >= 0.6 is 11.6 Å². The van der Waals surface area contributed by atoms with Crippen LogP contribution in [0.4, 0.5) is 0 Å². The van der Waals surface area contributed by atoms with E-state index >= 15 is 0 Å². The number of benzene rings is 1. The smallest absolute Gasteiger partial charge is 0.137 e. The molecule has 0 saturated heterocycles. The van der Waals surface area contributed by atoms with E-state index < -0.39 is 0 Å². The van der Waals surface area contributed by atoms with Gasteiger partial charge >= 0.3 is 0 Å². The number of aliphatic hydroxyl groups is 1. The highest BCUT2D eigenvalue weighted by Crippen LogP contribution is 2.26. The Morgan fingerprint density at radius 3 is 2.89 bits per heavy atom. The van der Waals surface area contributed by atoms with Crippen molar-refractivity contribution in [3.63, 3.8) is 0 Å². The maximum absolute atomic E-state index is 9.72. The van der Waals surface area contributed by atoms with Gasteiger partial charge in [0.15, 0.2) is 0 Å². The SMILES string of the molecule is COc1ccc(CNCC2CCCC2O)cc1Cl. The van der Waals surface area contributed by atoms with Crippen LogP contribution in [0, 0.1) is 5.92 Å². The number of methoxy groups -OCH3 is 1. The summed E-state index contributed by atoms with van der Waals surface area (Å²) in [6.45, 7) is 1.64. The lowest BCUT2D eigenvalue weighted by atomic mass is 10.1. The minimum Gasteiger partial charge on any atom is -0.495 e. The lowest BCUT2D eigenvalue weighted by Gasteiger charge is -2.15. The first-order valence-corrected chi connectivity index (χ1v) is 6.79. The van der Waals surface area contributed by atoms with Gasteiger partial charge in [-0.3, -0.25) is 0 Å². The van der Waals surface area contributed by atoms with Gasteiger partial charge in [0.2, 0.25) is 0 Å². The van der Waals surface area contributed by atoms with Crippen LogP contribution in [0.25, 0.3) is 0 Å². The third-order valence-electron chi connectivity index (χ3n) is 3.57. The summed E-state index contributed by atoms with van der Waals surface area (Å²) in [6.07, 6.45) is 3.08. The molecular formula is C14H20ClNO2. The van der Waals surface area contributed by atoms with E-state index in [1.807, 2.05) is 18.2 Å². The number of ether oxygens (including phenoxy) is 1. The first kappa shape index (κ1) is 13.7. The van der Waals surface area contributed by atoms with Gasteiger partial charge in [-0.25, -0.2) is 0 Å². The van der Waals surface area contributed by atoms with Gasteiger partial charge in [0.05, 0.1) is 18.2 Å². The predicted octanol–water partition coefficient (Wildman–Crippen LogP) is 2.60. The van der Waals surface area contributed by atoms with Gasteiger partial charge in [-0.15, -0.1) is 0 Å². The summed E-state index contributed by atoms with van der Waals surface area (Å²) in [5.41, 5.74) is 1.13. The molecule has 0 aliphatic heterocycles. The molecular weight excluding hydrogens is 250 g/mol. The van der Waals surface area contributed by atoms with Gasteiger partial charge in [-0.2, -0.15) is 0 Å². The topological polar surface area (TPSA) is 41.5 Å². The van der Waals surface area contributed by atoms with Crippen LogP contribution < -0.4 is 10.1 Å². The summed E-state index contributed by atoms with van der Waals surface area (Å²) < 4.78 is 5.11. The molecule has 18 heavy (non-hydrogen) atoms. The molecule has 0 heterocycles. The first-order chi connectivity index (χ1) is 8.70. The van der Waals surface area contributed by atoms with Crippen molar-refractivity contribution in [2.45, 2.75) is 31.9 Å². The van der Waals surface area contributed by atoms with Crippen molar-refractivity contribution in [3.8, 4) is 5.75 Å². The van der Waals surface area contributed by atoms with Crippen molar-refractivity contribution < 1.29 is 9.84 Å². The highest BCUT2D eigenvalue weighted by Gasteiger charge is 2.24. The van der Waals surface area contributed by atoms with Crippen LogP contribution in [0.5, 0.6) is 5.75 Å². The molecule has 2 atom stereocenters. The normalized spacial score (nSPS) is 23.3. The summed E-state index contributed by atoms with van der Waals surface area (Å²) in [5.74, 6) is 1.10. The molecule has 0 bridgehead atoms. The molecule has 0 amide bonds.